The van der Waals surface area contributed by atoms with E-state index in [0.717, 1.165) is 22.3 Å². The van der Waals surface area contributed by atoms with Gasteiger partial charge in [0.1, 0.15) is 22.7 Å². The van der Waals surface area contributed by atoms with E-state index >= 15 is 0 Å². The highest BCUT2D eigenvalue weighted by Gasteiger charge is 2.21. The summed E-state index contributed by atoms with van der Waals surface area (Å²) in [4.78, 5) is 27.1. The Morgan fingerprint density at radius 3 is 1.25 bits per heavy atom. The maximum absolute atomic E-state index is 13.6. The van der Waals surface area contributed by atoms with E-state index in [1.54, 1.807) is 72.8 Å². The van der Waals surface area contributed by atoms with Crippen LogP contribution in [0.1, 0.15) is 31.8 Å². The number of phenolic OH excluding ortho intramolecular Hbond substituents is 2. The fourth-order valence-electron chi connectivity index (χ4n) is 6.67. The van der Waals surface area contributed by atoms with E-state index in [1.165, 1.54) is 0 Å². The van der Waals surface area contributed by atoms with Gasteiger partial charge in [-0.2, -0.15) is 0 Å². The van der Waals surface area contributed by atoms with Crippen molar-refractivity contribution in [1.29, 1.82) is 0 Å². The third kappa shape index (κ3) is 8.28. The van der Waals surface area contributed by atoms with Crippen LogP contribution >= 0.6 is 23.2 Å². The lowest BCUT2D eigenvalue weighted by molar-refractivity contribution is 0.101. The molecule has 8 aromatic carbocycles. The maximum Gasteiger partial charge on any atom is 0.259 e. The van der Waals surface area contributed by atoms with Crippen molar-refractivity contribution >= 4 is 90.7 Å². The topological polar surface area (TPSA) is 148 Å². The average molecular weight is 830 g/mol. The van der Waals surface area contributed by atoms with Gasteiger partial charge in [0.15, 0.2) is 11.5 Å². The van der Waals surface area contributed by atoms with Crippen LogP contribution in [0, 0.1) is 13.8 Å². The number of aromatic hydroxyl groups is 2. The molecular formula is C48H34Cl2N6O4. The van der Waals surface area contributed by atoms with Crippen molar-refractivity contribution in [3.05, 3.63) is 178 Å². The van der Waals surface area contributed by atoms with E-state index in [2.05, 4.69) is 31.1 Å². The van der Waals surface area contributed by atoms with Crippen LogP contribution in [0.4, 0.5) is 34.1 Å². The summed E-state index contributed by atoms with van der Waals surface area (Å²) in [6.45, 7) is 3.83. The number of benzene rings is 8. The third-order valence-electron chi connectivity index (χ3n) is 9.82. The van der Waals surface area contributed by atoms with E-state index in [0.29, 0.717) is 54.3 Å². The lowest BCUT2D eigenvalue weighted by atomic mass is 10.0. The summed E-state index contributed by atoms with van der Waals surface area (Å²) in [6, 6.07) is 42.9. The summed E-state index contributed by atoms with van der Waals surface area (Å²) in [5.41, 5.74) is 5.88. The number of amides is 2. The van der Waals surface area contributed by atoms with E-state index in [4.69, 9.17) is 23.2 Å². The van der Waals surface area contributed by atoms with Crippen molar-refractivity contribution in [2.75, 3.05) is 10.6 Å². The minimum atomic E-state index is -0.529. The van der Waals surface area contributed by atoms with Crippen molar-refractivity contribution < 1.29 is 19.8 Å². The predicted octanol–water partition coefficient (Wildman–Crippen LogP) is 14.3. The Balaban J connectivity index is 0.976. The molecule has 294 valence electrons. The number of nitrogens with zero attached hydrogens (tertiary/aromatic N) is 4. The smallest absolute Gasteiger partial charge is 0.259 e. The van der Waals surface area contributed by atoms with Crippen LogP contribution in [-0.2, 0) is 0 Å². The Labute approximate surface area is 354 Å². The van der Waals surface area contributed by atoms with Crippen molar-refractivity contribution in [1.82, 2.24) is 0 Å². The van der Waals surface area contributed by atoms with Crippen molar-refractivity contribution in [2.24, 2.45) is 20.5 Å². The van der Waals surface area contributed by atoms with Crippen LogP contribution in [0.25, 0.3) is 32.7 Å². The van der Waals surface area contributed by atoms with Gasteiger partial charge in [-0.05, 0) is 108 Å². The first-order valence-electron chi connectivity index (χ1n) is 18.7. The quantitative estimate of drug-likeness (QED) is 0.107. The molecule has 0 aliphatic rings. The minimum absolute atomic E-state index is 0.0316. The summed E-state index contributed by atoms with van der Waals surface area (Å²) in [7, 11) is 0. The van der Waals surface area contributed by atoms with E-state index in [1.807, 2.05) is 86.6 Å². The number of rotatable bonds is 9. The Bertz CT molecular complexity index is 2830. The number of phenols is 2. The Hall–Kier alpha value is -7.40. The second kappa shape index (κ2) is 16.8. The molecule has 8 rings (SSSR count). The third-order valence-corrected chi connectivity index (χ3v) is 10.4. The van der Waals surface area contributed by atoms with Crippen molar-refractivity contribution in [3.8, 4) is 22.6 Å². The zero-order chi connectivity index (χ0) is 41.9. The molecular weight excluding hydrogens is 795 g/mol. The van der Waals surface area contributed by atoms with Crippen molar-refractivity contribution in [2.45, 2.75) is 13.8 Å². The lowest BCUT2D eigenvalue weighted by Crippen LogP contribution is -2.12. The number of fused-ring (bicyclic) bond motifs is 2. The molecule has 0 aromatic heterocycles. The number of nitrogens with one attached hydrogen (secondary N) is 2. The molecule has 0 fully saturated rings. The van der Waals surface area contributed by atoms with Gasteiger partial charge in [-0.25, -0.2) is 0 Å². The monoisotopic (exact) mass is 828 g/mol. The normalized spacial score (nSPS) is 11.5. The van der Waals surface area contributed by atoms with Crippen LogP contribution in [0.2, 0.25) is 10.0 Å². The first-order chi connectivity index (χ1) is 29.0. The highest BCUT2D eigenvalue weighted by atomic mass is 35.5. The summed E-state index contributed by atoms with van der Waals surface area (Å²) in [6.07, 6.45) is 0. The predicted molar refractivity (Wildman–Crippen MR) is 240 cm³/mol. The fraction of sp³-hybridized carbons (Fsp3) is 0.0417. The molecule has 0 saturated carbocycles. The summed E-state index contributed by atoms with van der Waals surface area (Å²) >= 11 is 12.7. The molecule has 12 heteroatoms. The van der Waals surface area contributed by atoms with Crippen molar-refractivity contribution in [3.63, 3.8) is 0 Å². The number of aryl methyl sites for hydroxylation is 2. The van der Waals surface area contributed by atoms with Gasteiger partial charge in [-0.1, -0.05) is 108 Å². The second-order valence-corrected chi connectivity index (χ2v) is 14.9. The SMILES string of the molecule is Cc1ccc(N=Nc2c(O)c(C(=O)Nc3ccc(-c4ccc(NC(=O)c5cc6ccccc6c(N=Nc6ccc(C)cc6Cl)c5O)cc4)cc3)cc3ccccc23)c(Cl)c1. The van der Waals surface area contributed by atoms with Crippen LogP contribution in [0.3, 0.4) is 0 Å². The summed E-state index contributed by atoms with van der Waals surface area (Å²) < 4.78 is 0. The molecule has 2 amide bonds. The first kappa shape index (κ1) is 39.4. The standard InChI is InChI=1S/C48H34Cl2N6O4/c1-27-11-21-41(39(49)23-27)53-55-43-35-9-5-3-7-31(35)25-37(45(43)57)47(59)51-33-17-13-29(14-18-33)30-15-19-34(20-16-30)52-48(60)38-26-32-8-4-6-10-36(32)44(46(38)58)56-54-42-22-12-28(2)24-40(42)50/h3-26,57-58H,1-2H3,(H,51,59)(H,52,60). The van der Waals surface area contributed by atoms with Gasteiger partial charge in [0.05, 0.1) is 21.2 Å². The number of carbonyl (C=O) groups excluding carboxylic acids is 2. The number of anilines is 2. The highest BCUT2D eigenvalue weighted by Crippen LogP contribution is 2.42. The molecule has 0 saturated heterocycles. The molecule has 0 aliphatic carbocycles. The van der Waals surface area contributed by atoms with Gasteiger partial charge in [0, 0.05) is 22.1 Å². The van der Waals surface area contributed by atoms with E-state index < -0.39 is 11.8 Å². The van der Waals surface area contributed by atoms with Gasteiger partial charge >= 0.3 is 0 Å². The molecule has 0 heterocycles. The largest absolute Gasteiger partial charge is 0.505 e. The van der Waals surface area contributed by atoms with Gasteiger partial charge in [0.2, 0.25) is 0 Å². The number of hydrogen-bond donors (Lipinski definition) is 4. The second-order valence-electron chi connectivity index (χ2n) is 14.1. The molecule has 0 spiro atoms. The van der Waals surface area contributed by atoms with Crippen LogP contribution in [-0.4, -0.2) is 22.0 Å². The van der Waals surface area contributed by atoms with Gasteiger partial charge < -0.3 is 20.8 Å². The molecule has 8 aromatic rings. The van der Waals surface area contributed by atoms with E-state index in [-0.39, 0.29) is 34.0 Å². The minimum Gasteiger partial charge on any atom is -0.505 e. The Morgan fingerprint density at radius 2 is 0.867 bits per heavy atom. The Kier molecular flexibility index (Phi) is 11.1. The molecule has 4 N–H and O–H groups in total. The molecule has 60 heavy (non-hydrogen) atoms. The summed E-state index contributed by atoms with van der Waals surface area (Å²) in [5, 5.41) is 49.0. The summed E-state index contributed by atoms with van der Waals surface area (Å²) in [5.74, 6) is -1.68. The maximum atomic E-state index is 13.6. The van der Waals surface area contributed by atoms with Gasteiger partial charge in [0.25, 0.3) is 11.8 Å². The lowest BCUT2D eigenvalue weighted by Gasteiger charge is -2.12. The van der Waals surface area contributed by atoms with Gasteiger partial charge in [-0.3, -0.25) is 9.59 Å². The van der Waals surface area contributed by atoms with Crippen LogP contribution in [0.5, 0.6) is 11.5 Å². The fourth-order valence-corrected chi connectivity index (χ4v) is 7.21. The van der Waals surface area contributed by atoms with Crippen LogP contribution < -0.4 is 10.6 Å². The van der Waals surface area contributed by atoms with Crippen LogP contribution in [0.15, 0.2) is 166 Å². The zero-order valence-electron chi connectivity index (χ0n) is 32.1. The number of carbonyl (C=O) groups is 2. The Morgan fingerprint density at radius 1 is 0.483 bits per heavy atom. The highest BCUT2D eigenvalue weighted by molar-refractivity contribution is 6.33. The molecule has 0 radical (unpaired) electrons. The van der Waals surface area contributed by atoms with Gasteiger partial charge in [-0.15, -0.1) is 20.5 Å². The number of hydrogen-bond acceptors (Lipinski definition) is 8. The molecule has 0 unspecified atom stereocenters. The molecule has 10 nitrogen and oxygen atoms in total. The molecule has 0 aliphatic heterocycles. The number of azo groups is 2. The number of halogens is 2. The molecule has 0 bridgehead atoms. The molecule has 0 atom stereocenters. The average Bonchev–Trinajstić information content (AvgIpc) is 3.24. The van der Waals surface area contributed by atoms with E-state index in [9.17, 15) is 19.8 Å². The first-order valence-corrected chi connectivity index (χ1v) is 19.5. The zero-order valence-corrected chi connectivity index (χ0v) is 33.6.